The molecule has 1 rings (SSSR count). The van der Waals surface area contributed by atoms with Crippen molar-refractivity contribution in [1.29, 1.82) is 0 Å². The van der Waals surface area contributed by atoms with E-state index in [9.17, 15) is 4.79 Å². The van der Waals surface area contributed by atoms with Crippen LogP contribution in [0.3, 0.4) is 0 Å². The molecule has 1 aromatic rings. The fraction of sp³-hybridized carbons (Fsp3) is 0.222. The zero-order chi connectivity index (χ0) is 10.4. The lowest BCUT2D eigenvalue weighted by Gasteiger charge is -2.01. The lowest BCUT2D eigenvalue weighted by molar-refractivity contribution is -0.120. The molecule has 0 atom stereocenters. The summed E-state index contributed by atoms with van der Waals surface area (Å²) in [6, 6.07) is 7.56. The molecular weight excluding hydrogens is 198 g/mol. The Kier molecular flexibility index (Phi) is 4.28. The van der Waals surface area contributed by atoms with Crippen molar-refractivity contribution in [2.45, 2.75) is 11.3 Å². The number of nitrogens with two attached hydrogens (primary N) is 2. The van der Waals surface area contributed by atoms with E-state index in [0.29, 0.717) is 12.2 Å². The van der Waals surface area contributed by atoms with Gasteiger partial charge in [0.15, 0.2) is 0 Å². The van der Waals surface area contributed by atoms with Crippen LogP contribution in [0, 0.1) is 0 Å². The zero-order valence-corrected chi connectivity index (χ0v) is 8.51. The zero-order valence-electron chi connectivity index (χ0n) is 7.69. The monoisotopic (exact) mass is 211 g/mol. The molecule has 0 radical (unpaired) electrons. The summed E-state index contributed by atoms with van der Waals surface area (Å²) in [5.41, 5.74) is 8.42. The number of nitrogens with one attached hydrogen (secondary N) is 1. The SMILES string of the molecule is NNC(=O)CCSc1cccc(N)c1. The molecule has 1 amide bonds. The largest absolute Gasteiger partial charge is 0.399 e. The van der Waals surface area contributed by atoms with Gasteiger partial charge in [0.25, 0.3) is 0 Å². The molecule has 0 saturated heterocycles. The second kappa shape index (κ2) is 5.51. The summed E-state index contributed by atoms with van der Waals surface area (Å²) in [5.74, 6) is 5.50. The first-order valence-corrected chi connectivity index (χ1v) is 5.18. The third-order valence-corrected chi connectivity index (χ3v) is 2.61. The molecule has 0 heterocycles. The maximum Gasteiger partial charge on any atom is 0.234 e. The highest BCUT2D eigenvalue weighted by Crippen LogP contribution is 2.20. The Morgan fingerprint density at radius 2 is 2.29 bits per heavy atom. The number of thioether (sulfide) groups is 1. The third-order valence-electron chi connectivity index (χ3n) is 1.62. The van der Waals surface area contributed by atoms with Gasteiger partial charge in [0.05, 0.1) is 0 Å². The second-order valence-corrected chi connectivity index (χ2v) is 3.91. The van der Waals surface area contributed by atoms with Crippen LogP contribution in [0.1, 0.15) is 6.42 Å². The predicted octanol–water partition coefficient (Wildman–Crippen LogP) is 0.741. The summed E-state index contributed by atoms with van der Waals surface area (Å²) < 4.78 is 0. The van der Waals surface area contributed by atoms with E-state index >= 15 is 0 Å². The van der Waals surface area contributed by atoms with E-state index in [0.717, 1.165) is 10.6 Å². The van der Waals surface area contributed by atoms with Crippen molar-refractivity contribution in [1.82, 2.24) is 5.43 Å². The highest BCUT2D eigenvalue weighted by atomic mass is 32.2. The molecule has 0 bridgehead atoms. The lowest BCUT2D eigenvalue weighted by atomic mass is 10.3. The van der Waals surface area contributed by atoms with Gasteiger partial charge in [-0.1, -0.05) is 6.07 Å². The number of benzene rings is 1. The van der Waals surface area contributed by atoms with Crippen LogP contribution in [0.2, 0.25) is 0 Å². The molecule has 5 heteroatoms. The normalized spacial score (nSPS) is 9.79. The van der Waals surface area contributed by atoms with E-state index in [4.69, 9.17) is 11.6 Å². The Hall–Kier alpha value is -1.20. The van der Waals surface area contributed by atoms with E-state index in [-0.39, 0.29) is 5.91 Å². The molecule has 5 N–H and O–H groups in total. The van der Waals surface area contributed by atoms with E-state index < -0.39 is 0 Å². The minimum Gasteiger partial charge on any atom is -0.399 e. The van der Waals surface area contributed by atoms with E-state index in [1.165, 1.54) is 0 Å². The van der Waals surface area contributed by atoms with Crippen LogP contribution >= 0.6 is 11.8 Å². The standard InChI is InChI=1S/C9H13N3OS/c10-7-2-1-3-8(6-7)14-5-4-9(13)12-11/h1-3,6H,4-5,10-11H2,(H,12,13). The van der Waals surface area contributed by atoms with Gasteiger partial charge in [0, 0.05) is 22.8 Å². The smallest absolute Gasteiger partial charge is 0.234 e. The van der Waals surface area contributed by atoms with Crippen LogP contribution in [0.15, 0.2) is 29.2 Å². The van der Waals surface area contributed by atoms with Gasteiger partial charge in [-0.25, -0.2) is 5.84 Å². The summed E-state index contributed by atoms with van der Waals surface area (Å²) in [5, 5.41) is 0. The highest BCUT2D eigenvalue weighted by Gasteiger charge is 1.99. The molecule has 4 nitrogen and oxygen atoms in total. The number of hydrazine groups is 1. The third kappa shape index (κ3) is 3.68. The van der Waals surface area contributed by atoms with Crippen LogP contribution < -0.4 is 17.0 Å². The molecule has 0 aliphatic rings. The molecule has 0 spiro atoms. The molecule has 76 valence electrons. The second-order valence-electron chi connectivity index (χ2n) is 2.74. The quantitative estimate of drug-likeness (QED) is 0.225. The number of rotatable bonds is 4. The Labute approximate surface area is 87.0 Å². The highest BCUT2D eigenvalue weighted by molar-refractivity contribution is 7.99. The number of hydrogen-bond donors (Lipinski definition) is 3. The van der Waals surface area contributed by atoms with Crippen LogP contribution in [0.4, 0.5) is 5.69 Å². The Balaban J connectivity index is 2.35. The Morgan fingerprint density at radius 3 is 2.93 bits per heavy atom. The maximum atomic E-state index is 10.8. The molecule has 14 heavy (non-hydrogen) atoms. The molecule has 0 aliphatic carbocycles. The van der Waals surface area contributed by atoms with E-state index in [1.807, 2.05) is 24.3 Å². The Morgan fingerprint density at radius 1 is 1.50 bits per heavy atom. The van der Waals surface area contributed by atoms with Gasteiger partial charge >= 0.3 is 0 Å². The molecule has 0 aromatic heterocycles. The van der Waals surface area contributed by atoms with Gasteiger partial charge in [0.1, 0.15) is 0 Å². The molecular formula is C9H13N3OS. The number of anilines is 1. The molecule has 0 saturated carbocycles. The van der Waals surface area contributed by atoms with Crippen molar-refractivity contribution in [3.8, 4) is 0 Å². The first-order valence-electron chi connectivity index (χ1n) is 4.20. The van der Waals surface area contributed by atoms with E-state index in [1.54, 1.807) is 11.8 Å². The number of hydrogen-bond acceptors (Lipinski definition) is 4. The molecule has 1 aromatic carbocycles. The van der Waals surface area contributed by atoms with Crippen molar-refractivity contribution in [2.24, 2.45) is 5.84 Å². The van der Waals surface area contributed by atoms with E-state index in [2.05, 4.69) is 5.43 Å². The van der Waals surface area contributed by atoms with Crippen LogP contribution in [0.25, 0.3) is 0 Å². The van der Waals surface area contributed by atoms with Crippen LogP contribution in [0.5, 0.6) is 0 Å². The molecule has 0 unspecified atom stereocenters. The van der Waals surface area contributed by atoms with Crippen LogP contribution in [-0.4, -0.2) is 11.7 Å². The topological polar surface area (TPSA) is 81.1 Å². The van der Waals surface area contributed by atoms with Crippen LogP contribution in [-0.2, 0) is 4.79 Å². The summed E-state index contributed by atoms with van der Waals surface area (Å²) in [6.07, 6.45) is 0.413. The summed E-state index contributed by atoms with van der Waals surface area (Å²) in [4.78, 5) is 11.9. The number of carbonyl (C=O) groups excluding carboxylic acids is 1. The van der Waals surface area contributed by atoms with Crippen molar-refractivity contribution < 1.29 is 4.79 Å². The number of nitrogen functional groups attached to an aromatic ring is 1. The minimum atomic E-state index is -0.151. The van der Waals surface area contributed by atoms with Crippen molar-refractivity contribution in [2.75, 3.05) is 11.5 Å². The van der Waals surface area contributed by atoms with Crippen molar-refractivity contribution in [3.05, 3.63) is 24.3 Å². The van der Waals surface area contributed by atoms with Gasteiger partial charge < -0.3 is 5.73 Å². The van der Waals surface area contributed by atoms with Gasteiger partial charge in [0.2, 0.25) is 5.91 Å². The molecule has 0 aliphatic heterocycles. The average Bonchev–Trinajstić information content (AvgIpc) is 2.17. The maximum absolute atomic E-state index is 10.8. The Bertz CT molecular complexity index is 317. The van der Waals surface area contributed by atoms with Gasteiger partial charge in [-0.15, -0.1) is 11.8 Å². The summed E-state index contributed by atoms with van der Waals surface area (Å²) in [7, 11) is 0. The van der Waals surface area contributed by atoms with Crippen molar-refractivity contribution in [3.63, 3.8) is 0 Å². The lowest BCUT2D eigenvalue weighted by Crippen LogP contribution is -2.30. The fourth-order valence-electron chi connectivity index (χ4n) is 0.938. The van der Waals surface area contributed by atoms with Crippen molar-refractivity contribution >= 4 is 23.4 Å². The first-order chi connectivity index (χ1) is 6.72. The first kappa shape index (κ1) is 10.9. The summed E-state index contributed by atoms with van der Waals surface area (Å²) >= 11 is 1.58. The fourth-order valence-corrected chi connectivity index (χ4v) is 1.86. The number of carbonyl (C=O) groups is 1. The van der Waals surface area contributed by atoms with Gasteiger partial charge in [-0.3, -0.25) is 10.2 Å². The molecule has 0 fully saturated rings. The average molecular weight is 211 g/mol. The summed E-state index contributed by atoms with van der Waals surface area (Å²) in [6.45, 7) is 0. The number of amides is 1. The predicted molar refractivity (Wildman–Crippen MR) is 58.5 cm³/mol. The van der Waals surface area contributed by atoms with Gasteiger partial charge in [-0.2, -0.15) is 0 Å². The minimum absolute atomic E-state index is 0.151. The van der Waals surface area contributed by atoms with Gasteiger partial charge in [-0.05, 0) is 18.2 Å².